The molecule has 4 heteroatoms. The van der Waals surface area contributed by atoms with Gasteiger partial charge in [0.25, 0.3) is 0 Å². The molecule has 0 aliphatic carbocycles. The number of amides is 1. The number of hydrogen-bond acceptors (Lipinski definition) is 3. The quantitative estimate of drug-likeness (QED) is 0.676. The zero-order valence-corrected chi connectivity index (χ0v) is 9.87. The summed E-state index contributed by atoms with van der Waals surface area (Å²) >= 11 is 0. The van der Waals surface area contributed by atoms with Gasteiger partial charge in [-0.2, -0.15) is 0 Å². The molecule has 0 bridgehead atoms. The van der Waals surface area contributed by atoms with Crippen LogP contribution in [-0.2, 0) is 4.79 Å². The maximum Gasteiger partial charge on any atom is 0.228 e. The molecule has 0 heterocycles. The Hall–Kier alpha value is -1.55. The molecule has 1 aromatic rings. The molecule has 16 heavy (non-hydrogen) atoms. The zero-order valence-electron chi connectivity index (χ0n) is 9.87. The number of carbonyl (C=O) groups excluding carboxylic acids is 1. The van der Waals surface area contributed by atoms with Gasteiger partial charge in [-0.15, -0.1) is 0 Å². The monoisotopic (exact) mass is 222 g/mol. The summed E-state index contributed by atoms with van der Waals surface area (Å²) in [5.41, 5.74) is 1.59. The third-order valence-electron chi connectivity index (χ3n) is 2.43. The Kier molecular flexibility index (Phi) is 4.31. The normalized spacial score (nSPS) is 12.2. The molecule has 1 atom stereocenters. The first-order chi connectivity index (χ1) is 7.54. The molecule has 0 saturated carbocycles. The standard InChI is InChI=1S/C12H18N2O2/c1-8-6-10(15)4-5-11(8)14-12(16)9(2)7-13-3/h4-6,9,13,15H,7H2,1-3H3,(H,14,16). The molecular formula is C12H18N2O2. The molecule has 0 aliphatic rings. The SMILES string of the molecule is CNCC(C)C(=O)Nc1ccc(O)cc1C. The van der Waals surface area contributed by atoms with Crippen molar-refractivity contribution in [1.82, 2.24) is 5.32 Å². The lowest BCUT2D eigenvalue weighted by molar-refractivity contribution is -0.119. The summed E-state index contributed by atoms with van der Waals surface area (Å²) in [5.74, 6) is 0.0973. The summed E-state index contributed by atoms with van der Waals surface area (Å²) in [4.78, 5) is 11.7. The minimum Gasteiger partial charge on any atom is -0.508 e. The second-order valence-electron chi connectivity index (χ2n) is 3.95. The van der Waals surface area contributed by atoms with E-state index in [2.05, 4.69) is 10.6 Å². The number of phenolic OH excluding ortho intramolecular Hbond substituents is 1. The predicted octanol–water partition coefficient (Wildman–Crippen LogP) is 1.49. The van der Waals surface area contributed by atoms with Crippen LogP contribution in [0.3, 0.4) is 0 Å². The lowest BCUT2D eigenvalue weighted by Crippen LogP contribution is -2.28. The van der Waals surface area contributed by atoms with Gasteiger partial charge in [-0.05, 0) is 37.7 Å². The number of carbonyl (C=O) groups is 1. The Morgan fingerprint density at radius 2 is 2.19 bits per heavy atom. The van der Waals surface area contributed by atoms with Crippen molar-refractivity contribution < 1.29 is 9.90 Å². The van der Waals surface area contributed by atoms with Crippen LogP contribution in [0, 0.1) is 12.8 Å². The molecule has 0 aliphatic heterocycles. The van der Waals surface area contributed by atoms with Crippen molar-refractivity contribution in [2.75, 3.05) is 18.9 Å². The second kappa shape index (κ2) is 5.51. The van der Waals surface area contributed by atoms with Crippen LogP contribution < -0.4 is 10.6 Å². The molecule has 1 amide bonds. The van der Waals surface area contributed by atoms with Crippen LogP contribution in [0.15, 0.2) is 18.2 Å². The van der Waals surface area contributed by atoms with E-state index in [-0.39, 0.29) is 17.6 Å². The molecule has 0 aromatic heterocycles. The number of aryl methyl sites for hydroxylation is 1. The lowest BCUT2D eigenvalue weighted by Gasteiger charge is -2.13. The zero-order chi connectivity index (χ0) is 12.1. The van der Waals surface area contributed by atoms with Crippen molar-refractivity contribution in [1.29, 1.82) is 0 Å². The van der Waals surface area contributed by atoms with Crippen molar-refractivity contribution >= 4 is 11.6 Å². The van der Waals surface area contributed by atoms with E-state index in [1.807, 2.05) is 20.9 Å². The average molecular weight is 222 g/mol. The van der Waals surface area contributed by atoms with Gasteiger partial charge in [-0.25, -0.2) is 0 Å². The lowest BCUT2D eigenvalue weighted by atomic mass is 10.1. The van der Waals surface area contributed by atoms with E-state index in [1.165, 1.54) is 0 Å². The van der Waals surface area contributed by atoms with Gasteiger partial charge in [-0.3, -0.25) is 4.79 Å². The molecule has 0 spiro atoms. The number of rotatable bonds is 4. The van der Waals surface area contributed by atoms with Crippen LogP contribution in [0.2, 0.25) is 0 Å². The first kappa shape index (κ1) is 12.5. The molecule has 88 valence electrons. The van der Waals surface area contributed by atoms with Crippen LogP contribution >= 0.6 is 0 Å². The highest BCUT2D eigenvalue weighted by atomic mass is 16.3. The van der Waals surface area contributed by atoms with Crippen molar-refractivity contribution in [3.05, 3.63) is 23.8 Å². The van der Waals surface area contributed by atoms with Crippen molar-refractivity contribution in [3.8, 4) is 5.75 Å². The minimum absolute atomic E-state index is 0.0249. The Labute approximate surface area is 95.7 Å². The first-order valence-electron chi connectivity index (χ1n) is 5.29. The van der Waals surface area contributed by atoms with E-state index in [0.29, 0.717) is 6.54 Å². The van der Waals surface area contributed by atoms with Crippen molar-refractivity contribution in [2.45, 2.75) is 13.8 Å². The maximum atomic E-state index is 11.7. The van der Waals surface area contributed by atoms with E-state index in [4.69, 9.17) is 0 Å². The number of nitrogens with one attached hydrogen (secondary N) is 2. The van der Waals surface area contributed by atoms with Crippen LogP contribution in [0.4, 0.5) is 5.69 Å². The fourth-order valence-electron chi connectivity index (χ4n) is 1.44. The van der Waals surface area contributed by atoms with Crippen molar-refractivity contribution in [2.24, 2.45) is 5.92 Å². The van der Waals surface area contributed by atoms with Gasteiger partial charge in [0.2, 0.25) is 5.91 Å². The Morgan fingerprint density at radius 1 is 1.50 bits per heavy atom. The predicted molar refractivity (Wildman–Crippen MR) is 64.6 cm³/mol. The molecule has 3 N–H and O–H groups in total. The van der Waals surface area contributed by atoms with Gasteiger partial charge in [-0.1, -0.05) is 6.92 Å². The van der Waals surface area contributed by atoms with Gasteiger partial charge in [0.05, 0.1) is 0 Å². The molecule has 4 nitrogen and oxygen atoms in total. The van der Waals surface area contributed by atoms with Crippen LogP contribution in [0.1, 0.15) is 12.5 Å². The molecule has 1 rings (SSSR count). The second-order valence-corrected chi connectivity index (χ2v) is 3.95. The Morgan fingerprint density at radius 3 is 2.75 bits per heavy atom. The molecule has 0 saturated heterocycles. The highest BCUT2D eigenvalue weighted by molar-refractivity contribution is 5.93. The fraction of sp³-hybridized carbons (Fsp3) is 0.417. The van der Waals surface area contributed by atoms with Crippen LogP contribution in [-0.4, -0.2) is 24.6 Å². The summed E-state index contributed by atoms with van der Waals surface area (Å²) in [5, 5.41) is 15.0. The maximum absolute atomic E-state index is 11.7. The number of anilines is 1. The van der Waals surface area contributed by atoms with Gasteiger partial charge in [0.15, 0.2) is 0 Å². The third-order valence-corrected chi connectivity index (χ3v) is 2.43. The van der Waals surface area contributed by atoms with E-state index in [0.717, 1.165) is 11.3 Å². The molecule has 1 unspecified atom stereocenters. The summed E-state index contributed by atoms with van der Waals surface area (Å²) < 4.78 is 0. The van der Waals surface area contributed by atoms with Crippen LogP contribution in [0.25, 0.3) is 0 Å². The van der Waals surface area contributed by atoms with E-state index in [1.54, 1.807) is 18.2 Å². The van der Waals surface area contributed by atoms with E-state index >= 15 is 0 Å². The number of hydrogen-bond donors (Lipinski definition) is 3. The summed E-state index contributed by atoms with van der Waals surface area (Å²) in [6.45, 7) is 4.35. The highest BCUT2D eigenvalue weighted by Crippen LogP contribution is 2.20. The topological polar surface area (TPSA) is 61.4 Å². The molecule has 0 fully saturated rings. The fourth-order valence-corrected chi connectivity index (χ4v) is 1.44. The largest absolute Gasteiger partial charge is 0.508 e. The van der Waals surface area contributed by atoms with E-state index in [9.17, 15) is 9.90 Å². The van der Waals surface area contributed by atoms with Crippen LogP contribution in [0.5, 0.6) is 5.75 Å². The van der Waals surface area contributed by atoms with Crippen molar-refractivity contribution in [3.63, 3.8) is 0 Å². The number of aromatic hydroxyl groups is 1. The molecule has 0 radical (unpaired) electrons. The van der Waals surface area contributed by atoms with E-state index < -0.39 is 0 Å². The minimum atomic E-state index is -0.0850. The smallest absolute Gasteiger partial charge is 0.228 e. The summed E-state index contributed by atoms with van der Waals surface area (Å²) in [6.07, 6.45) is 0. The Balaban J connectivity index is 2.69. The summed E-state index contributed by atoms with van der Waals surface area (Å²) in [7, 11) is 1.82. The number of benzene rings is 1. The number of phenols is 1. The first-order valence-corrected chi connectivity index (χ1v) is 5.29. The molecule has 1 aromatic carbocycles. The van der Waals surface area contributed by atoms with Gasteiger partial charge < -0.3 is 15.7 Å². The van der Waals surface area contributed by atoms with Gasteiger partial charge in [0, 0.05) is 18.2 Å². The highest BCUT2D eigenvalue weighted by Gasteiger charge is 2.12. The molecular weight excluding hydrogens is 204 g/mol. The third kappa shape index (κ3) is 3.24. The summed E-state index contributed by atoms with van der Waals surface area (Å²) in [6, 6.07) is 4.89. The Bertz CT molecular complexity index is 377. The van der Waals surface area contributed by atoms with Gasteiger partial charge >= 0.3 is 0 Å². The average Bonchev–Trinajstić information content (AvgIpc) is 2.22. The van der Waals surface area contributed by atoms with Gasteiger partial charge in [0.1, 0.15) is 5.75 Å².